The number of aromatic nitrogens is 1. The lowest BCUT2D eigenvalue weighted by Gasteiger charge is -2.10. The number of oxazole rings is 1. The van der Waals surface area contributed by atoms with Crippen molar-refractivity contribution in [2.45, 2.75) is 52.0 Å². The van der Waals surface area contributed by atoms with Crippen LogP contribution in [0.3, 0.4) is 0 Å². The van der Waals surface area contributed by atoms with E-state index in [1.165, 1.54) is 0 Å². The van der Waals surface area contributed by atoms with Gasteiger partial charge in [0.15, 0.2) is 5.96 Å². The third-order valence-electron chi connectivity index (χ3n) is 4.39. The summed E-state index contributed by atoms with van der Waals surface area (Å²) in [5, 5.41) is 6.56. The fourth-order valence-corrected chi connectivity index (χ4v) is 2.86. The number of ether oxygens (including phenoxy) is 1. The molecule has 1 aromatic heterocycles. The van der Waals surface area contributed by atoms with Gasteiger partial charge in [-0.1, -0.05) is 37.5 Å². The molecule has 0 saturated carbocycles. The zero-order valence-corrected chi connectivity index (χ0v) is 20.2. The number of carbonyl (C=O) groups excluding carboxylic acids is 1. The maximum absolute atomic E-state index is 11.3. The number of nitrogens with zero attached hydrogens (tertiary/aromatic N) is 2. The van der Waals surface area contributed by atoms with Crippen molar-refractivity contribution >= 4 is 35.9 Å². The fraction of sp³-hybridized carbons (Fsp3) is 0.500. The van der Waals surface area contributed by atoms with Crippen LogP contribution in [0.15, 0.2) is 46.0 Å². The lowest BCUT2D eigenvalue weighted by Crippen LogP contribution is -2.37. The van der Waals surface area contributed by atoms with Gasteiger partial charge in [0.05, 0.1) is 18.8 Å². The lowest BCUT2D eigenvalue weighted by molar-refractivity contribution is -0.143. The van der Waals surface area contributed by atoms with Gasteiger partial charge in [-0.25, -0.2) is 4.98 Å². The second-order valence-corrected chi connectivity index (χ2v) is 6.69. The molecule has 0 amide bonds. The molecule has 0 saturated heterocycles. The predicted octanol–water partition coefficient (Wildman–Crippen LogP) is 4.53. The lowest BCUT2D eigenvalue weighted by atomic mass is 10.1. The monoisotopic (exact) mass is 528 g/mol. The Morgan fingerprint density at radius 3 is 2.57 bits per heavy atom. The molecule has 0 radical (unpaired) electrons. The zero-order valence-electron chi connectivity index (χ0n) is 17.9. The number of nitrogens with one attached hydrogen (secondary N) is 2. The molecule has 30 heavy (non-hydrogen) atoms. The fourth-order valence-electron chi connectivity index (χ4n) is 2.86. The van der Waals surface area contributed by atoms with Gasteiger partial charge in [0.1, 0.15) is 6.26 Å². The van der Waals surface area contributed by atoms with Crippen LogP contribution in [0.2, 0.25) is 0 Å². The van der Waals surface area contributed by atoms with Gasteiger partial charge >= 0.3 is 5.97 Å². The van der Waals surface area contributed by atoms with E-state index in [4.69, 9.17) is 9.15 Å². The zero-order chi connectivity index (χ0) is 20.7. The molecule has 0 unspecified atom stereocenters. The number of carbonyl (C=O) groups is 1. The van der Waals surface area contributed by atoms with E-state index in [0.29, 0.717) is 25.5 Å². The number of benzene rings is 1. The number of aliphatic imine (C=N–C) groups is 1. The molecule has 2 aromatic rings. The van der Waals surface area contributed by atoms with Crippen LogP contribution >= 0.6 is 24.0 Å². The molecule has 0 atom stereocenters. The first kappa shape index (κ1) is 25.9. The van der Waals surface area contributed by atoms with Gasteiger partial charge in [-0.2, -0.15) is 0 Å². The highest BCUT2D eigenvalue weighted by atomic mass is 127. The quantitative estimate of drug-likeness (QED) is 0.138. The Kier molecular flexibility index (Phi) is 13.6. The molecular weight excluding hydrogens is 495 g/mol. The van der Waals surface area contributed by atoms with Crippen molar-refractivity contribution in [3.8, 4) is 11.5 Å². The van der Waals surface area contributed by atoms with E-state index >= 15 is 0 Å². The molecule has 8 heteroatoms. The molecule has 0 spiro atoms. The van der Waals surface area contributed by atoms with Crippen molar-refractivity contribution in [3.63, 3.8) is 0 Å². The van der Waals surface area contributed by atoms with E-state index < -0.39 is 0 Å². The van der Waals surface area contributed by atoms with Crippen LogP contribution in [0.25, 0.3) is 11.5 Å². The molecule has 0 aliphatic heterocycles. The van der Waals surface area contributed by atoms with E-state index in [-0.39, 0.29) is 29.9 Å². The summed E-state index contributed by atoms with van der Waals surface area (Å²) < 4.78 is 10.5. The smallest absolute Gasteiger partial charge is 0.305 e. The minimum absolute atomic E-state index is 0. The van der Waals surface area contributed by atoms with E-state index in [0.717, 1.165) is 55.9 Å². The van der Waals surface area contributed by atoms with Gasteiger partial charge in [0, 0.05) is 25.6 Å². The Morgan fingerprint density at radius 2 is 1.83 bits per heavy atom. The first-order valence-electron chi connectivity index (χ1n) is 10.3. The standard InChI is InChI=1S/C22H32N4O3.HI/c1-3-28-20(27)14-10-5-4-6-11-15-24-22(23-2)25-16-19-17-29-21(26-19)18-12-8-7-9-13-18;/h7-9,12-13,17H,3-6,10-11,14-16H2,1-2H3,(H2,23,24,25);1H. The van der Waals surface area contributed by atoms with Crippen molar-refractivity contribution in [1.82, 2.24) is 15.6 Å². The largest absolute Gasteiger partial charge is 0.466 e. The molecule has 0 bridgehead atoms. The number of halogens is 1. The van der Waals surface area contributed by atoms with Crippen LogP contribution in [-0.4, -0.2) is 37.1 Å². The Labute approximate surface area is 196 Å². The second kappa shape index (κ2) is 15.7. The van der Waals surface area contributed by atoms with E-state index in [2.05, 4.69) is 20.6 Å². The van der Waals surface area contributed by atoms with Crippen LogP contribution < -0.4 is 10.6 Å². The van der Waals surface area contributed by atoms with Crippen LogP contribution in [-0.2, 0) is 16.1 Å². The normalized spacial score (nSPS) is 10.9. The number of guanidine groups is 1. The van der Waals surface area contributed by atoms with Crippen molar-refractivity contribution in [2.75, 3.05) is 20.2 Å². The Balaban J connectivity index is 0.00000450. The average molecular weight is 528 g/mol. The Hall–Kier alpha value is -2.10. The van der Waals surface area contributed by atoms with Gasteiger partial charge in [0.25, 0.3) is 0 Å². The third-order valence-corrected chi connectivity index (χ3v) is 4.39. The SMILES string of the molecule is CCOC(=O)CCCCCCCNC(=NC)NCc1coc(-c2ccccc2)n1.I. The number of esters is 1. The third kappa shape index (κ3) is 10.1. The molecule has 7 nitrogen and oxygen atoms in total. The minimum Gasteiger partial charge on any atom is -0.466 e. The summed E-state index contributed by atoms with van der Waals surface area (Å²) in [6, 6.07) is 9.84. The van der Waals surface area contributed by atoms with Crippen LogP contribution in [0.4, 0.5) is 0 Å². The van der Waals surface area contributed by atoms with Gasteiger partial charge in [-0.3, -0.25) is 9.79 Å². The molecule has 1 heterocycles. The highest BCUT2D eigenvalue weighted by Gasteiger charge is 2.07. The van der Waals surface area contributed by atoms with Crippen molar-refractivity contribution < 1.29 is 13.9 Å². The van der Waals surface area contributed by atoms with Crippen molar-refractivity contribution in [2.24, 2.45) is 4.99 Å². The van der Waals surface area contributed by atoms with Crippen LogP contribution in [0.1, 0.15) is 51.1 Å². The maximum Gasteiger partial charge on any atom is 0.305 e. The summed E-state index contributed by atoms with van der Waals surface area (Å²) in [6.07, 6.45) is 7.45. The molecule has 0 fully saturated rings. The van der Waals surface area contributed by atoms with Crippen molar-refractivity contribution in [3.05, 3.63) is 42.3 Å². The van der Waals surface area contributed by atoms with Gasteiger partial charge in [-0.15, -0.1) is 24.0 Å². The molecule has 166 valence electrons. The Morgan fingerprint density at radius 1 is 1.10 bits per heavy atom. The van der Waals surface area contributed by atoms with Gasteiger partial charge in [-0.05, 0) is 31.9 Å². The Bertz CT molecular complexity index is 750. The highest BCUT2D eigenvalue weighted by molar-refractivity contribution is 14.0. The first-order chi connectivity index (χ1) is 14.2. The maximum atomic E-state index is 11.3. The number of unbranched alkanes of at least 4 members (excludes halogenated alkanes) is 4. The number of hydrogen-bond donors (Lipinski definition) is 2. The summed E-state index contributed by atoms with van der Waals surface area (Å²) in [5.41, 5.74) is 1.79. The van der Waals surface area contributed by atoms with Crippen LogP contribution in [0, 0.1) is 0 Å². The summed E-state index contributed by atoms with van der Waals surface area (Å²) in [6.45, 7) is 3.70. The van der Waals surface area contributed by atoms with Gasteiger partial charge in [0.2, 0.25) is 5.89 Å². The minimum atomic E-state index is -0.0907. The van der Waals surface area contributed by atoms with Gasteiger partial charge < -0.3 is 19.8 Å². The summed E-state index contributed by atoms with van der Waals surface area (Å²) in [5.74, 6) is 1.27. The summed E-state index contributed by atoms with van der Waals surface area (Å²) in [7, 11) is 1.75. The predicted molar refractivity (Wildman–Crippen MR) is 130 cm³/mol. The van der Waals surface area contributed by atoms with E-state index in [9.17, 15) is 4.79 Å². The first-order valence-corrected chi connectivity index (χ1v) is 10.3. The topological polar surface area (TPSA) is 88.8 Å². The highest BCUT2D eigenvalue weighted by Crippen LogP contribution is 2.17. The average Bonchev–Trinajstić information content (AvgIpc) is 3.22. The second-order valence-electron chi connectivity index (χ2n) is 6.69. The summed E-state index contributed by atoms with van der Waals surface area (Å²) in [4.78, 5) is 20.0. The van der Waals surface area contributed by atoms with E-state index in [1.54, 1.807) is 13.3 Å². The molecule has 2 N–H and O–H groups in total. The van der Waals surface area contributed by atoms with Crippen molar-refractivity contribution in [1.29, 1.82) is 0 Å². The number of rotatable bonds is 12. The number of hydrogen-bond acceptors (Lipinski definition) is 5. The molecule has 0 aliphatic rings. The summed E-state index contributed by atoms with van der Waals surface area (Å²) >= 11 is 0. The molecular formula is C22H33IN4O3. The molecule has 0 aliphatic carbocycles. The molecule has 1 aromatic carbocycles. The van der Waals surface area contributed by atoms with E-state index in [1.807, 2.05) is 37.3 Å². The van der Waals surface area contributed by atoms with Crippen LogP contribution in [0.5, 0.6) is 0 Å². The molecule has 2 rings (SSSR count).